The average molecular weight is 345 g/mol. The standard InChI is InChI=1S/C19H24FN3O2/c20-17-6-4-16(5-7-17)18(24)15-22-11-9-21(10-12-22)13-14-23-8-2-1-3-19(23)25/h1-8,18,24H,9-15H2/t18-/m0/s1. The molecule has 134 valence electrons. The van der Waals surface area contributed by atoms with E-state index in [0.29, 0.717) is 13.1 Å². The SMILES string of the molecule is O=c1ccccn1CCN1CCN(C[C@H](O)c2ccc(F)cc2)CC1. The van der Waals surface area contributed by atoms with Crippen LogP contribution in [0.5, 0.6) is 0 Å². The predicted molar refractivity (Wildman–Crippen MR) is 94.9 cm³/mol. The first kappa shape index (κ1) is 17.8. The smallest absolute Gasteiger partial charge is 0.250 e. The molecule has 0 bridgehead atoms. The van der Waals surface area contributed by atoms with E-state index in [2.05, 4.69) is 9.80 Å². The quantitative estimate of drug-likeness (QED) is 0.858. The molecule has 1 aliphatic heterocycles. The Labute approximate surface area is 146 Å². The first-order valence-corrected chi connectivity index (χ1v) is 8.65. The fourth-order valence-corrected chi connectivity index (χ4v) is 3.12. The Hall–Kier alpha value is -2.02. The molecule has 1 aromatic heterocycles. The van der Waals surface area contributed by atoms with E-state index < -0.39 is 6.10 Å². The topological polar surface area (TPSA) is 48.7 Å². The maximum atomic E-state index is 13.0. The number of pyridine rings is 1. The average Bonchev–Trinajstić information content (AvgIpc) is 2.63. The van der Waals surface area contributed by atoms with Crippen molar-refractivity contribution in [2.45, 2.75) is 12.6 Å². The summed E-state index contributed by atoms with van der Waals surface area (Å²) in [7, 11) is 0. The van der Waals surface area contributed by atoms with Crippen LogP contribution in [0.3, 0.4) is 0 Å². The third kappa shape index (κ3) is 4.98. The van der Waals surface area contributed by atoms with Gasteiger partial charge < -0.3 is 9.67 Å². The lowest BCUT2D eigenvalue weighted by Gasteiger charge is -2.35. The molecule has 0 aliphatic carbocycles. The molecule has 1 N–H and O–H groups in total. The predicted octanol–water partition coefficient (Wildman–Crippen LogP) is 1.34. The molecule has 3 rings (SSSR count). The summed E-state index contributed by atoms with van der Waals surface area (Å²) in [6.45, 7) is 5.67. The molecule has 0 spiro atoms. The van der Waals surface area contributed by atoms with Crippen molar-refractivity contribution in [1.82, 2.24) is 14.4 Å². The molecule has 1 aromatic carbocycles. The highest BCUT2D eigenvalue weighted by Gasteiger charge is 2.19. The lowest BCUT2D eigenvalue weighted by Crippen LogP contribution is -2.48. The largest absolute Gasteiger partial charge is 0.387 e. The van der Waals surface area contributed by atoms with Gasteiger partial charge in [0.1, 0.15) is 5.82 Å². The van der Waals surface area contributed by atoms with Crippen LogP contribution in [0.25, 0.3) is 0 Å². The second kappa shape index (κ2) is 8.38. The van der Waals surface area contributed by atoms with Crippen LogP contribution >= 0.6 is 0 Å². The first-order chi connectivity index (χ1) is 12.1. The van der Waals surface area contributed by atoms with Gasteiger partial charge in [-0.1, -0.05) is 18.2 Å². The molecule has 0 radical (unpaired) electrons. The maximum Gasteiger partial charge on any atom is 0.250 e. The zero-order valence-electron chi connectivity index (χ0n) is 14.2. The molecule has 2 aromatic rings. The van der Waals surface area contributed by atoms with E-state index in [1.807, 2.05) is 12.3 Å². The Morgan fingerprint density at radius 2 is 1.64 bits per heavy atom. The highest BCUT2D eigenvalue weighted by Crippen LogP contribution is 2.16. The van der Waals surface area contributed by atoms with Crippen LogP contribution < -0.4 is 5.56 Å². The van der Waals surface area contributed by atoms with Gasteiger partial charge >= 0.3 is 0 Å². The van der Waals surface area contributed by atoms with Gasteiger partial charge in [0.15, 0.2) is 0 Å². The molecule has 1 atom stereocenters. The van der Waals surface area contributed by atoms with Crippen LogP contribution in [0.15, 0.2) is 53.5 Å². The second-order valence-corrected chi connectivity index (χ2v) is 6.44. The molecule has 25 heavy (non-hydrogen) atoms. The number of aromatic nitrogens is 1. The van der Waals surface area contributed by atoms with Crippen LogP contribution in [0.2, 0.25) is 0 Å². The lowest BCUT2D eigenvalue weighted by atomic mass is 10.1. The van der Waals surface area contributed by atoms with Crippen molar-refractivity contribution in [1.29, 1.82) is 0 Å². The Morgan fingerprint density at radius 1 is 0.960 bits per heavy atom. The fourth-order valence-electron chi connectivity index (χ4n) is 3.12. The minimum atomic E-state index is -0.602. The Bertz CT molecular complexity index is 724. The zero-order chi connectivity index (χ0) is 17.6. The summed E-state index contributed by atoms with van der Waals surface area (Å²) in [5, 5.41) is 10.3. The first-order valence-electron chi connectivity index (χ1n) is 8.65. The van der Waals surface area contributed by atoms with Crippen molar-refractivity contribution < 1.29 is 9.50 Å². The van der Waals surface area contributed by atoms with Gasteiger partial charge in [0, 0.05) is 58.1 Å². The van der Waals surface area contributed by atoms with Crippen LogP contribution in [-0.2, 0) is 6.54 Å². The normalized spacial score (nSPS) is 17.5. The Kier molecular flexibility index (Phi) is 5.96. The van der Waals surface area contributed by atoms with Gasteiger partial charge in [-0.25, -0.2) is 4.39 Å². The minimum absolute atomic E-state index is 0.0311. The highest BCUT2D eigenvalue weighted by atomic mass is 19.1. The van der Waals surface area contributed by atoms with Crippen molar-refractivity contribution in [3.8, 4) is 0 Å². The van der Waals surface area contributed by atoms with E-state index in [1.165, 1.54) is 12.1 Å². The third-order valence-corrected chi connectivity index (χ3v) is 4.71. The number of hydrogen-bond donors (Lipinski definition) is 1. The number of nitrogens with zero attached hydrogens (tertiary/aromatic N) is 3. The van der Waals surface area contributed by atoms with Crippen LogP contribution in [-0.4, -0.2) is 58.7 Å². The maximum absolute atomic E-state index is 13.0. The van der Waals surface area contributed by atoms with Gasteiger partial charge in [0.05, 0.1) is 6.10 Å². The summed E-state index contributed by atoms with van der Waals surface area (Å²) in [5.41, 5.74) is 0.774. The molecule has 2 heterocycles. The van der Waals surface area contributed by atoms with Gasteiger partial charge in [0.2, 0.25) is 0 Å². The molecule has 1 fully saturated rings. The van der Waals surface area contributed by atoms with Crippen molar-refractivity contribution in [3.63, 3.8) is 0 Å². The number of aliphatic hydroxyl groups is 1. The minimum Gasteiger partial charge on any atom is -0.387 e. The third-order valence-electron chi connectivity index (χ3n) is 4.71. The number of rotatable bonds is 6. The van der Waals surface area contributed by atoms with Crippen LogP contribution in [0.4, 0.5) is 4.39 Å². The Morgan fingerprint density at radius 3 is 2.32 bits per heavy atom. The monoisotopic (exact) mass is 345 g/mol. The van der Waals surface area contributed by atoms with E-state index in [9.17, 15) is 14.3 Å². The van der Waals surface area contributed by atoms with Gasteiger partial charge in [-0.15, -0.1) is 0 Å². The van der Waals surface area contributed by atoms with Crippen molar-refractivity contribution in [2.75, 3.05) is 39.3 Å². The van der Waals surface area contributed by atoms with E-state index in [-0.39, 0.29) is 11.4 Å². The van der Waals surface area contributed by atoms with Crippen LogP contribution in [0.1, 0.15) is 11.7 Å². The van der Waals surface area contributed by atoms with Gasteiger partial charge in [-0.3, -0.25) is 14.6 Å². The number of piperazine rings is 1. The molecule has 6 heteroatoms. The van der Waals surface area contributed by atoms with E-state index in [4.69, 9.17) is 0 Å². The summed E-state index contributed by atoms with van der Waals surface area (Å²) in [5.74, 6) is -0.290. The van der Waals surface area contributed by atoms with Gasteiger partial charge in [-0.2, -0.15) is 0 Å². The number of aliphatic hydroxyl groups excluding tert-OH is 1. The van der Waals surface area contributed by atoms with Gasteiger partial charge in [-0.05, 0) is 23.8 Å². The molecule has 0 unspecified atom stereocenters. The van der Waals surface area contributed by atoms with Crippen molar-refractivity contribution in [3.05, 3.63) is 70.4 Å². The van der Waals surface area contributed by atoms with E-state index >= 15 is 0 Å². The second-order valence-electron chi connectivity index (χ2n) is 6.44. The molecule has 0 amide bonds. The van der Waals surface area contributed by atoms with Crippen LogP contribution in [0, 0.1) is 5.82 Å². The summed E-state index contributed by atoms with van der Waals surface area (Å²) in [6, 6.07) is 11.2. The number of halogens is 1. The summed E-state index contributed by atoms with van der Waals surface area (Å²) < 4.78 is 14.7. The molecule has 0 saturated carbocycles. The van der Waals surface area contributed by atoms with E-state index in [1.54, 1.807) is 28.8 Å². The Balaban J connectivity index is 1.43. The summed E-state index contributed by atoms with van der Waals surface area (Å²) in [6.07, 6.45) is 1.22. The molecule has 1 saturated heterocycles. The molecule has 1 aliphatic rings. The molecular formula is C19H24FN3O2. The molecule has 5 nitrogen and oxygen atoms in total. The van der Waals surface area contributed by atoms with Gasteiger partial charge in [0.25, 0.3) is 5.56 Å². The number of benzene rings is 1. The zero-order valence-corrected chi connectivity index (χ0v) is 14.2. The van der Waals surface area contributed by atoms with E-state index in [0.717, 1.165) is 38.3 Å². The molecular weight excluding hydrogens is 321 g/mol. The fraction of sp³-hybridized carbons (Fsp3) is 0.421. The summed E-state index contributed by atoms with van der Waals surface area (Å²) >= 11 is 0. The highest BCUT2D eigenvalue weighted by molar-refractivity contribution is 5.18. The lowest BCUT2D eigenvalue weighted by molar-refractivity contribution is 0.0713. The van der Waals surface area contributed by atoms with Crippen molar-refractivity contribution >= 4 is 0 Å². The number of β-amino-alcohol motifs (C(OH)–C–C–N with tert-alkyl or cyclic N) is 1. The summed E-state index contributed by atoms with van der Waals surface area (Å²) in [4.78, 5) is 16.3. The number of hydrogen-bond acceptors (Lipinski definition) is 4. The van der Waals surface area contributed by atoms with Crippen molar-refractivity contribution in [2.24, 2.45) is 0 Å².